The largest absolute Gasteiger partial charge is 0.496 e. The second-order valence-electron chi connectivity index (χ2n) is 5.13. The Morgan fingerprint density at radius 1 is 1.35 bits per heavy atom. The molecule has 2 aromatic carbocycles. The molecule has 0 aromatic heterocycles. The molecule has 136 valence electrons. The second kappa shape index (κ2) is 8.43. The fraction of sp³-hybridized carbons (Fsp3) is 0.125. The number of amides is 1. The number of carbonyl (C=O) groups excluding carboxylic acids is 1. The molecule has 0 aliphatic rings. The lowest BCUT2D eigenvalue weighted by molar-refractivity contribution is -0.383. The number of halogens is 2. The van der Waals surface area contributed by atoms with Gasteiger partial charge in [0.1, 0.15) is 11.4 Å². The Morgan fingerprint density at radius 2 is 2.04 bits per heavy atom. The lowest BCUT2D eigenvalue weighted by Crippen LogP contribution is -2.34. The highest BCUT2D eigenvalue weighted by Gasteiger charge is 2.19. The summed E-state index contributed by atoms with van der Waals surface area (Å²) in [6.45, 7) is 1.80. The first kappa shape index (κ1) is 20.1. The number of benzene rings is 2. The van der Waals surface area contributed by atoms with Crippen LogP contribution in [0.15, 0.2) is 34.8 Å². The molecule has 0 bridgehead atoms. The van der Waals surface area contributed by atoms with E-state index in [9.17, 15) is 14.9 Å². The third-order valence-corrected chi connectivity index (χ3v) is 4.22. The summed E-state index contributed by atoms with van der Waals surface area (Å²) < 4.78 is 5.97. The fourth-order valence-electron chi connectivity index (χ4n) is 2.26. The molecule has 0 radical (unpaired) electrons. The van der Waals surface area contributed by atoms with Crippen molar-refractivity contribution in [3.05, 3.63) is 61.1 Å². The van der Waals surface area contributed by atoms with Crippen LogP contribution in [0.5, 0.6) is 5.75 Å². The standard InChI is InChI=1S/C16H13BrClN3O4S/c1-8-5-9(17)6-11(14(8)25-2)15(22)20-16(26)19-12-4-3-10(18)7-13(12)21(23)24/h3-7H,1-2H3,(H2,19,20,22,26). The smallest absolute Gasteiger partial charge is 0.294 e. The molecule has 0 aliphatic carbocycles. The maximum atomic E-state index is 12.5. The Bertz CT molecular complexity index is 907. The van der Waals surface area contributed by atoms with Crippen LogP contribution in [0.2, 0.25) is 5.02 Å². The van der Waals surface area contributed by atoms with E-state index in [1.165, 1.54) is 25.3 Å². The molecule has 0 atom stereocenters. The van der Waals surface area contributed by atoms with E-state index >= 15 is 0 Å². The number of carbonyl (C=O) groups is 1. The van der Waals surface area contributed by atoms with Gasteiger partial charge < -0.3 is 10.1 Å². The van der Waals surface area contributed by atoms with Crippen molar-refractivity contribution in [3.63, 3.8) is 0 Å². The van der Waals surface area contributed by atoms with Gasteiger partial charge in [-0.3, -0.25) is 20.2 Å². The van der Waals surface area contributed by atoms with Crippen LogP contribution in [0.3, 0.4) is 0 Å². The zero-order chi connectivity index (χ0) is 19.4. The van der Waals surface area contributed by atoms with Gasteiger partial charge in [-0.2, -0.15) is 0 Å². The van der Waals surface area contributed by atoms with Crippen molar-refractivity contribution in [3.8, 4) is 5.75 Å². The van der Waals surface area contributed by atoms with E-state index in [1.807, 2.05) is 6.07 Å². The molecule has 2 N–H and O–H groups in total. The number of hydrogen-bond donors (Lipinski definition) is 2. The van der Waals surface area contributed by atoms with Crippen molar-refractivity contribution in [2.24, 2.45) is 0 Å². The van der Waals surface area contributed by atoms with Gasteiger partial charge in [-0.05, 0) is 49.0 Å². The van der Waals surface area contributed by atoms with Crippen LogP contribution in [-0.2, 0) is 0 Å². The van der Waals surface area contributed by atoms with E-state index in [4.69, 9.17) is 28.6 Å². The molecule has 2 rings (SSSR count). The highest BCUT2D eigenvalue weighted by Crippen LogP contribution is 2.29. The SMILES string of the molecule is COc1c(C)cc(Br)cc1C(=O)NC(=S)Nc1ccc(Cl)cc1[N+](=O)[O-]. The molecule has 0 saturated heterocycles. The molecule has 7 nitrogen and oxygen atoms in total. The van der Waals surface area contributed by atoms with E-state index < -0.39 is 10.8 Å². The minimum absolute atomic E-state index is 0.0971. The zero-order valence-electron chi connectivity index (χ0n) is 13.6. The van der Waals surface area contributed by atoms with Gasteiger partial charge in [0, 0.05) is 15.6 Å². The van der Waals surface area contributed by atoms with Crippen molar-refractivity contribution in [2.45, 2.75) is 6.92 Å². The zero-order valence-corrected chi connectivity index (χ0v) is 16.8. The molecule has 10 heteroatoms. The number of rotatable bonds is 4. The van der Waals surface area contributed by atoms with Crippen LogP contribution in [0.4, 0.5) is 11.4 Å². The summed E-state index contributed by atoms with van der Waals surface area (Å²) >= 11 is 14.2. The molecular formula is C16H13BrClN3O4S. The minimum Gasteiger partial charge on any atom is -0.496 e. The Hall–Kier alpha value is -2.23. The Balaban J connectivity index is 2.22. The summed E-state index contributed by atoms with van der Waals surface area (Å²) in [4.78, 5) is 23.0. The van der Waals surface area contributed by atoms with E-state index in [0.29, 0.717) is 10.2 Å². The lowest BCUT2D eigenvalue weighted by Gasteiger charge is -2.14. The van der Waals surface area contributed by atoms with Crippen LogP contribution in [0.25, 0.3) is 0 Å². The van der Waals surface area contributed by atoms with Gasteiger partial charge in [-0.25, -0.2) is 0 Å². The summed E-state index contributed by atoms with van der Waals surface area (Å²) in [7, 11) is 1.46. The van der Waals surface area contributed by atoms with Gasteiger partial charge in [-0.1, -0.05) is 27.5 Å². The summed E-state index contributed by atoms with van der Waals surface area (Å²) in [5.74, 6) is -0.105. The van der Waals surface area contributed by atoms with Crippen molar-refractivity contribution < 1.29 is 14.5 Å². The number of hydrogen-bond acceptors (Lipinski definition) is 5. The molecule has 0 fully saturated rings. The molecule has 0 aliphatic heterocycles. The molecule has 0 saturated carbocycles. The van der Waals surface area contributed by atoms with Crippen molar-refractivity contribution >= 4 is 62.1 Å². The first-order valence-corrected chi connectivity index (χ1v) is 8.71. The number of ether oxygens (including phenoxy) is 1. The number of nitrogens with one attached hydrogen (secondary N) is 2. The highest BCUT2D eigenvalue weighted by atomic mass is 79.9. The summed E-state index contributed by atoms with van der Waals surface area (Å²) in [5, 5.41) is 16.3. The molecular weight excluding hydrogens is 446 g/mol. The Labute approximate surface area is 168 Å². The molecule has 0 heterocycles. The van der Waals surface area contributed by atoms with Gasteiger partial charge in [0.05, 0.1) is 17.6 Å². The third kappa shape index (κ3) is 4.69. The lowest BCUT2D eigenvalue weighted by atomic mass is 10.1. The monoisotopic (exact) mass is 457 g/mol. The van der Waals surface area contributed by atoms with Gasteiger partial charge in [0.2, 0.25) is 0 Å². The Kier molecular flexibility index (Phi) is 6.52. The summed E-state index contributed by atoms with van der Waals surface area (Å²) in [5.41, 5.74) is 0.889. The average molecular weight is 459 g/mol. The van der Waals surface area contributed by atoms with E-state index in [2.05, 4.69) is 26.6 Å². The number of nitro groups is 1. The minimum atomic E-state index is -0.598. The summed E-state index contributed by atoms with van der Waals surface area (Å²) in [6.07, 6.45) is 0. The maximum Gasteiger partial charge on any atom is 0.294 e. The number of nitro benzene ring substituents is 1. The van der Waals surface area contributed by atoms with E-state index in [0.717, 1.165) is 5.56 Å². The van der Waals surface area contributed by atoms with Crippen LogP contribution in [0, 0.1) is 17.0 Å². The predicted octanol–water partition coefficient (Wildman–Crippen LogP) is 4.45. The first-order chi connectivity index (χ1) is 12.2. The van der Waals surface area contributed by atoms with Crippen molar-refractivity contribution in [1.29, 1.82) is 0 Å². The van der Waals surface area contributed by atoms with Gasteiger partial charge >= 0.3 is 0 Å². The topological polar surface area (TPSA) is 93.5 Å². The predicted molar refractivity (Wildman–Crippen MR) is 107 cm³/mol. The molecule has 1 amide bonds. The van der Waals surface area contributed by atoms with E-state index in [1.54, 1.807) is 13.0 Å². The van der Waals surface area contributed by atoms with Crippen LogP contribution >= 0.6 is 39.7 Å². The number of aryl methyl sites for hydroxylation is 1. The van der Waals surface area contributed by atoms with Crippen molar-refractivity contribution in [1.82, 2.24) is 5.32 Å². The summed E-state index contributed by atoms with van der Waals surface area (Å²) in [6, 6.07) is 7.47. The number of anilines is 1. The Morgan fingerprint density at radius 3 is 2.65 bits per heavy atom. The quantitative estimate of drug-likeness (QED) is 0.399. The number of methoxy groups -OCH3 is 1. The number of thiocarbonyl (C=S) groups is 1. The molecule has 2 aromatic rings. The van der Waals surface area contributed by atoms with Crippen LogP contribution in [-0.4, -0.2) is 23.1 Å². The molecule has 0 unspecified atom stereocenters. The fourth-order valence-corrected chi connectivity index (χ4v) is 3.20. The van der Waals surface area contributed by atoms with Gasteiger partial charge in [0.25, 0.3) is 11.6 Å². The molecule has 26 heavy (non-hydrogen) atoms. The first-order valence-electron chi connectivity index (χ1n) is 7.13. The van der Waals surface area contributed by atoms with E-state index in [-0.39, 0.29) is 27.1 Å². The third-order valence-electron chi connectivity index (χ3n) is 3.32. The molecule has 0 spiro atoms. The van der Waals surface area contributed by atoms with Crippen LogP contribution < -0.4 is 15.4 Å². The van der Waals surface area contributed by atoms with Crippen LogP contribution in [0.1, 0.15) is 15.9 Å². The maximum absolute atomic E-state index is 12.5. The van der Waals surface area contributed by atoms with Gasteiger partial charge in [-0.15, -0.1) is 0 Å². The number of nitrogens with zero attached hydrogens (tertiary/aromatic N) is 1. The second-order valence-corrected chi connectivity index (χ2v) is 6.89. The van der Waals surface area contributed by atoms with Crippen molar-refractivity contribution in [2.75, 3.05) is 12.4 Å². The average Bonchev–Trinajstić information content (AvgIpc) is 2.55. The highest BCUT2D eigenvalue weighted by molar-refractivity contribution is 9.10. The van der Waals surface area contributed by atoms with Gasteiger partial charge in [0.15, 0.2) is 5.11 Å². The normalized spacial score (nSPS) is 10.2.